The maximum absolute atomic E-state index is 14.2. The van der Waals surface area contributed by atoms with E-state index in [2.05, 4.69) is 0 Å². The molecule has 0 radical (unpaired) electrons. The second-order valence-corrected chi connectivity index (χ2v) is 6.84. The van der Waals surface area contributed by atoms with Gasteiger partial charge in [-0.3, -0.25) is 9.59 Å². The summed E-state index contributed by atoms with van der Waals surface area (Å²) < 4.78 is 88.9. The van der Waals surface area contributed by atoms with Crippen molar-refractivity contribution in [3.05, 3.63) is 41.2 Å². The molecule has 0 spiro atoms. The van der Waals surface area contributed by atoms with Crippen molar-refractivity contribution in [2.24, 2.45) is 11.8 Å². The first-order chi connectivity index (χ1) is 16.9. The fourth-order valence-electron chi connectivity index (χ4n) is 3.55. The van der Waals surface area contributed by atoms with E-state index in [-0.39, 0.29) is 19.6 Å². The second-order valence-electron chi connectivity index (χ2n) is 6.84. The number of esters is 1. The lowest BCUT2D eigenvalue weighted by atomic mass is 9.76. The SMILES string of the molecule is [2H]C1([2H])C(=O)OC2=C(C(=O)N3CCCc4ccccc43)C([2H])(OCCC)C([2H])([2H])C([2H])([2H])C2([2H])C1([2H])C. The van der Waals surface area contributed by atoms with Crippen LogP contribution in [-0.2, 0) is 25.5 Å². The van der Waals surface area contributed by atoms with Crippen LogP contribution in [0.1, 0.15) is 63.7 Å². The van der Waals surface area contributed by atoms with Crippen LogP contribution in [0.5, 0.6) is 0 Å². The van der Waals surface area contributed by atoms with E-state index >= 15 is 0 Å². The number of hydrogen-bond donors (Lipinski definition) is 0. The summed E-state index contributed by atoms with van der Waals surface area (Å²) in [4.78, 5) is 28.3. The number of anilines is 1. The van der Waals surface area contributed by atoms with Gasteiger partial charge in [-0.25, -0.2) is 0 Å². The van der Waals surface area contributed by atoms with Crippen molar-refractivity contribution < 1.29 is 31.4 Å². The van der Waals surface area contributed by atoms with E-state index in [1.807, 2.05) is 0 Å². The molecule has 3 atom stereocenters. The Hall–Kier alpha value is -2.14. The lowest BCUT2D eigenvalue weighted by Gasteiger charge is -2.40. The number of benzene rings is 1. The third-order valence-electron chi connectivity index (χ3n) is 4.86. The molecule has 0 aromatic heterocycles. The monoisotopic (exact) mass is 392 g/mol. The molecule has 3 aliphatic rings. The first-order valence-electron chi connectivity index (χ1n) is 14.0. The number of para-hydroxylation sites is 1. The molecule has 4 rings (SSSR count). The molecule has 0 saturated carbocycles. The van der Waals surface area contributed by atoms with Crippen LogP contribution in [0.15, 0.2) is 35.6 Å². The molecule has 5 nitrogen and oxygen atoms in total. The summed E-state index contributed by atoms with van der Waals surface area (Å²) in [5.74, 6) is -9.94. The van der Waals surface area contributed by atoms with E-state index in [9.17, 15) is 9.59 Å². The van der Waals surface area contributed by atoms with Gasteiger partial charge in [0.25, 0.3) is 5.91 Å². The van der Waals surface area contributed by atoms with Gasteiger partial charge in [-0.15, -0.1) is 0 Å². The number of fused-ring (bicyclic) bond motifs is 2. The summed E-state index contributed by atoms with van der Waals surface area (Å²) >= 11 is 0. The van der Waals surface area contributed by atoms with Crippen LogP contribution in [0.25, 0.3) is 0 Å². The first kappa shape index (κ1) is 11.1. The highest BCUT2D eigenvalue weighted by atomic mass is 16.5. The fraction of sp³-hybridized carbons (Fsp3) is 0.565. The lowest BCUT2D eigenvalue weighted by molar-refractivity contribution is -0.147. The summed E-state index contributed by atoms with van der Waals surface area (Å²) in [7, 11) is 0. The van der Waals surface area contributed by atoms with Gasteiger partial charge in [0.15, 0.2) is 0 Å². The van der Waals surface area contributed by atoms with Gasteiger partial charge in [0.2, 0.25) is 0 Å². The number of amides is 1. The lowest BCUT2D eigenvalue weighted by Crippen LogP contribution is -2.44. The number of aryl methyl sites for hydroxylation is 1. The normalized spacial score (nSPS) is 45.1. The van der Waals surface area contributed by atoms with Crippen LogP contribution >= 0.6 is 0 Å². The smallest absolute Gasteiger partial charge is 0.311 e. The van der Waals surface area contributed by atoms with Crippen molar-refractivity contribution in [2.45, 2.75) is 58.3 Å². The zero-order valence-electron chi connectivity index (χ0n) is 24.9. The quantitative estimate of drug-likeness (QED) is 0.727. The first-order valence-corrected chi connectivity index (χ1v) is 9.46. The van der Waals surface area contributed by atoms with Crippen LogP contribution in [-0.4, -0.2) is 31.1 Å². The second kappa shape index (κ2) is 8.08. The number of ether oxygens (including phenoxy) is 2. The number of carbonyl (C=O) groups excluding carboxylic acids is 2. The van der Waals surface area contributed by atoms with E-state index in [4.69, 9.17) is 21.8 Å². The third-order valence-corrected chi connectivity index (χ3v) is 4.86. The molecule has 1 aliphatic carbocycles. The van der Waals surface area contributed by atoms with E-state index in [1.54, 1.807) is 31.2 Å². The maximum Gasteiger partial charge on any atom is 0.311 e. The van der Waals surface area contributed by atoms with Crippen molar-refractivity contribution in [1.29, 1.82) is 0 Å². The predicted molar refractivity (Wildman–Crippen MR) is 107 cm³/mol. The number of allylic oxidation sites excluding steroid dienone is 1. The fourth-order valence-corrected chi connectivity index (χ4v) is 3.55. The molecule has 1 aromatic carbocycles. The number of rotatable bonds is 4. The van der Waals surface area contributed by atoms with Gasteiger partial charge < -0.3 is 14.4 Å². The van der Waals surface area contributed by atoms with Gasteiger partial charge in [0.1, 0.15) is 5.76 Å². The zero-order valence-corrected chi connectivity index (χ0v) is 15.9. The summed E-state index contributed by atoms with van der Waals surface area (Å²) in [5.41, 5.74) is 0.335. The largest absolute Gasteiger partial charge is 0.430 e. The Balaban J connectivity index is 2.09. The highest BCUT2D eigenvalue weighted by Gasteiger charge is 2.43. The van der Waals surface area contributed by atoms with Gasteiger partial charge in [0, 0.05) is 42.1 Å². The molecule has 0 bridgehead atoms. The summed E-state index contributed by atoms with van der Waals surface area (Å²) in [5, 5.41) is 0. The van der Waals surface area contributed by atoms with E-state index in [1.165, 1.54) is 4.90 Å². The van der Waals surface area contributed by atoms with Crippen molar-refractivity contribution in [3.8, 4) is 0 Å². The average Bonchev–Trinajstić information content (AvgIpc) is 2.83. The molecular weight excluding hydrogens is 354 g/mol. The zero-order chi connectivity index (χ0) is 27.8. The molecule has 1 fully saturated rings. The van der Waals surface area contributed by atoms with Crippen LogP contribution in [0.2, 0.25) is 0 Å². The summed E-state index contributed by atoms with van der Waals surface area (Å²) in [6, 6.07) is 6.93. The molecule has 1 saturated heterocycles. The number of carbonyl (C=O) groups is 2. The summed E-state index contributed by atoms with van der Waals surface area (Å²) in [6.45, 7) is 2.34. The minimum atomic E-state index is -3.51. The third kappa shape index (κ3) is 3.48. The molecule has 3 unspecified atom stereocenters. The Morgan fingerprint density at radius 1 is 1.39 bits per heavy atom. The minimum absolute atomic E-state index is 0.143. The van der Waals surface area contributed by atoms with Crippen molar-refractivity contribution in [2.75, 3.05) is 18.1 Å². The average molecular weight is 393 g/mol. The highest BCUT2D eigenvalue weighted by Crippen LogP contribution is 2.43. The number of hydrogen-bond acceptors (Lipinski definition) is 4. The molecule has 150 valence electrons. The highest BCUT2D eigenvalue weighted by molar-refractivity contribution is 6.07. The molecule has 28 heavy (non-hydrogen) atoms. The summed E-state index contributed by atoms with van der Waals surface area (Å²) in [6.07, 6.45) is -11.9. The van der Waals surface area contributed by atoms with Crippen LogP contribution in [0.4, 0.5) is 5.69 Å². The Morgan fingerprint density at radius 3 is 3.04 bits per heavy atom. The van der Waals surface area contributed by atoms with Crippen LogP contribution < -0.4 is 4.90 Å². The number of nitrogens with zero attached hydrogens (tertiary/aromatic N) is 1. The van der Waals surface area contributed by atoms with Crippen molar-refractivity contribution in [1.82, 2.24) is 0 Å². The predicted octanol–water partition coefficient (Wildman–Crippen LogP) is 4.01. The maximum atomic E-state index is 14.2. The molecule has 2 heterocycles. The van der Waals surface area contributed by atoms with Gasteiger partial charge in [0.05, 0.1) is 13.0 Å². The van der Waals surface area contributed by atoms with Gasteiger partial charge >= 0.3 is 5.97 Å². The molecule has 1 amide bonds. The molecule has 0 N–H and O–H groups in total. The topological polar surface area (TPSA) is 55.8 Å². The van der Waals surface area contributed by atoms with Gasteiger partial charge in [-0.1, -0.05) is 32.0 Å². The van der Waals surface area contributed by atoms with E-state index in [0.717, 1.165) is 12.5 Å². The van der Waals surface area contributed by atoms with E-state index in [0.29, 0.717) is 18.5 Å². The van der Waals surface area contributed by atoms with E-state index < -0.39 is 60.2 Å². The molecule has 2 aliphatic heterocycles. The Kier molecular flexibility index (Phi) is 3.22. The van der Waals surface area contributed by atoms with Gasteiger partial charge in [-0.2, -0.15) is 0 Å². The Labute approximate surface area is 179 Å². The molecule has 1 aromatic rings. The van der Waals surface area contributed by atoms with Gasteiger partial charge in [-0.05, 0) is 49.5 Å². The van der Waals surface area contributed by atoms with Crippen molar-refractivity contribution in [3.63, 3.8) is 0 Å². The van der Waals surface area contributed by atoms with Crippen LogP contribution in [0, 0.1) is 11.8 Å². The standard InChI is InChI=1S/C23H29NO4/c1-3-13-27-19-11-10-17-15(2)14-20(25)28-22(17)21(19)23(26)24-12-6-8-16-7-4-5-9-18(16)24/h4-5,7,9,15,17,19H,3,6,8,10-14H2,1-2H3/i10D2,11D2,14D2,15D,17D,19D. The minimum Gasteiger partial charge on any atom is -0.430 e. The van der Waals surface area contributed by atoms with Crippen LogP contribution in [0.3, 0.4) is 0 Å². The Bertz CT molecular complexity index is 1180. The molecule has 5 heteroatoms. The molecular formula is C23H29NO4. The Morgan fingerprint density at radius 2 is 2.21 bits per heavy atom. The van der Waals surface area contributed by atoms with Crippen molar-refractivity contribution >= 4 is 17.6 Å².